The minimum absolute atomic E-state index is 0.138. The molecule has 0 radical (unpaired) electrons. The summed E-state index contributed by atoms with van der Waals surface area (Å²) >= 11 is 0. The molecule has 35 heavy (non-hydrogen) atoms. The Morgan fingerprint density at radius 2 is 1.71 bits per heavy atom. The summed E-state index contributed by atoms with van der Waals surface area (Å²) in [6.07, 6.45) is 0. The summed E-state index contributed by atoms with van der Waals surface area (Å²) in [6, 6.07) is 22.6. The lowest BCUT2D eigenvalue weighted by Gasteiger charge is -2.26. The minimum Gasteiger partial charge on any atom is -0.489 e. The quantitative estimate of drug-likeness (QED) is 0.390. The van der Waals surface area contributed by atoms with Gasteiger partial charge in [-0.3, -0.25) is 9.59 Å². The third-order valence-electron chi connectivity index (χ3n) is 6.35. The van der Waals surface area contributed by atoms with E-state index in [2.05, 4.69) is 0 Å². The van der Waals surface area contributed by atoms with Crippen LogP contribution in [0, 0.1) is 6.92 Å². The molecule has 1 aliphatic heterocycles. The molecular weight excluding hydrogens is 440 g/mol. The molecule has 1 atom stereocenters. The summed E-state index contributed by atoms with van der Waals surface area (Å²) in [5, 5.41) is 0.499. The van der Waals surface area contributed by atoms with Crippen LogP contribution in [0.25, 0.3) is 11.0 Å². The van der Waals surface area contributed by atoms with Gasteiger partial charge >= 0.3 is 0 Å². The molecule has 0 saturated heterocycles. The van der Waals surface area contributed by atoms with Crippen LogP contribution in [-0.4, -0.2) is 42.9 Å². The molecule has 0 aliphatic carbocycles. The van der Waals surface area contributed by atoms with Gasteiger partial charge < -0.3 is 19.0 Å². The average molecular weight is 469 g/mol. The Labute approximate surface area is 204 Å². The fraction of sp³-hybridized carbons (Fsp3) is 0.241. The van der Waals surface area contributed by atoms with Crippen LogP contribution in [0.2, 0.25) is 0 Å². The third kappa shape index (κ3) is 4.45. The van der Waals surface area contributed by atoms with E-state index < -0.39 is 6.04 Å². The van der Waals surface area contributed by atoms with E-state index in [1.54, 1.807) is 11.0 Å². The standard InChI is InChI=1S/C29H28N2O4/c1-19-9-14-24-23(17-19)27(32)25-26(31(16-15-30(2)3)29(33)28(25)35-24)21-10-12-22(13-11-21)34-18-20-7-5-4-6-8-20/h4-14,17,26H,15-16,18H2,1-3H3. The molecule has 2 heterocycles. The van der Waals surface area contributed by atoms with E-state index in [1.807, 2.05) is 92.6 Å². The SMILES string of the molecule is Cc1ccc2oc3c(c(=O)c2c1)C(c1ccc(OCc2ccccc2)cc1)N(CCN(C)C)C3=O. The molecule has 1 amide bonds. The van der Waals surface area contributed by atoms with Crippen LogP contribution in [0.5, 0.6) is 5.75 Å². The molecule has 1 aromatic heterocycles. The number of aryl methyl sites for hydroxylation is 1. The number of rotatable bonds is 7. The van der Waals surface area contributed by atoms with Crippen molar-refractivity contribution in [2.24, 2.45) is 0 Å². The number of hydrogen-bond donors (Lipinski definition) is 0. The predicted octanol–water partition coefficient (Wildman–Crippen LogP) is 4.79. The Balaban J connectivity index is 1.52. The first-order valence-electron chi connectivity index (χ1n) is 11.7. The van der Waals surface area contributed by atoms with E-state index in [-0.39, 0.29) is 17.1 Å². The van der Waals surface area contributed by atoms with Gasteiger partial charge in [-0.25, -0.2) is 0 Å². The van der Waals surface area contributed by atoms with Crippen molar-refractivity contribution in [1.82, 2.24) is 9.80 Å². The van der Waals surface area contributed by atoms with Gasteiger partial charge in [-0.15, -0.1) is 0 Å². The predicted molar refractivity (Wildman–Crippen MR) is 136 cm³/mol. The van der Waals surface area contributed by atoms with Crippen molar-refractivity contribution in [2.75, 3.05) is 27.2 Å². The Hall–Kier alpha value is -3.90. The first kappa shape index (κ1) is 22.9. The zero-order valence-corrected chi connectivity index (χ0v) is 20.2. The summed E-state index contributed by atoms with van der Waals surface area (Å²) < 4.78 is 12.0. The number of amides is 1. The molecular formula is C29H28N2O4. The van der Waals surface area contributed by atoms with E-state index in [0.29, 0.717) is 36.2 Å². The maximum Gasteiger partial charge on any atom is 0.290 e. The molecule has 0 spiro atoms. The number of hydrogen-bond acceptors (Lipinski definition) is 5. The molecule has 0 bridgehead atoms. The summed E-state index contributed by atoms with van der Waals surface area (Å²) in [5.74, 6) is 0.610. The maximum atomic E-state index is 13.6. The lowest BCUT2D eigenvalue weighted by Crippen LogP contribution is -2.35. The average Bonchev–Trinajstić information content (AvgIpc) is 3.14. The van der Waals surface area contributed by atoms with Crippen molar-refractivity contribution in [1.29, 1.82) is 0 Å². The Morgan fingerprint density at radius 1 is 0.971 bits per heavy atom. The van der Waals surface area contributed by atoms with Crippen LogP contribution in [0.4, 0.5) is 0 Å². The highest BCUT2D eigenvalue weighted by Crippen LogP contribution is 2.38. The van der Waals surface area contributed by atoms with Crippen molar-refractivity contribution in [2.45, 2.75) is 19.6 Å². The molecule has 0 saturated carbocycles. The van der Waals surface area contributed by atoms with Crippen LogP contribution in [0.3, 0.4) is 0 Å². The van der Waals surface area contributed by atoms with Gasteiger partial charge in [0.2, 0.25) is 5.76 Å². The van der Waals surface area contributed by atoms with Gasteiger partial charge in [0, 0.05) is 13.1 Å². The van der Waals surface area contributed by atoms with Crippen molar-refractivity contribution in [3.8, 4) is 5.75 Å². The van der Waals surface area contributed by atoms with Crippen LogP contribution in [-0.2, 0) is 6.61 Å². The van der Waals surface area contributed by atoms with Crippen LogP contribution >= 0.6 is 0 Å². The van der Waals surface area contributed by atoms with Gasteiger partial charge in [0.1, 0.15) is 17.9 Å². The third-order valence-corrected chi connectivity index (χ3v) is 6.35. The monoisotopic (exact) mass is 468 g/mol. The molecule has 0 fully saturated rings. The van der Waals surface area contributed by atoms with Crippen LogP contribution in [0.1, 0.15) is 38.9 Å². The molecule has 1 unspecified atom stereocenters. The van der Waals surface area contributed by atoms with E-state index in [4.69, 9.17) is 9.15 Å². The highest BCUT2D eigenvalue weighted by Gasteiger charge is 2.42. The number of benzene rings is 3. The number of fused-ring (bicyclic) bond motifs is 2. The first-order valence-corrected chi connectivity index (χ1v) is 11.7. The number of carbonyl (C=O) groups is 1. The molecule has 3 aromatic carbocycles. The van der Waals surface area contributed by atoms with Gasteiger partial charge in [-0.2, -0.15) is 0 Å². The van der Waals surface area contributed by atoms with Crippen LogP contribution in [0.15, 0.2) is 82.0 Å². The Morgan fingerprint density at radius 3 is 2.43 bits per heavy atom. The normalized spacial score (nSPS) is 15.1. The second kappa shape index (κ2) is 9.39. The molecule has 6 heteroatoms. The fourth-order valence-corrected chi connectivity index (χ4v) is 4.51. The lowest BCUT2D eigenvalue weighted by molar-refractivity contribution is 0.0716. The van der Waals surface area contributed by atoms with E-state index in [9.17, 15) is 9.59 Å². The van der Waals surface area contributed by atoms with Crippen molar-refractivity contribution >= 4 is 16.9 Å². The number of likely N-dealkylation sites (N-methyl/N-ethyl adjacent to an activating group) is 1. The smallest absolute Gasteiger partial charge is 0.290 e. The second-order valence-electron chi connectivity index (χ2n) is 9.22. The first-order chi connectivity index (χ1) is 16.9. The molecule has 5 rings (SSSR count). The van der Waals surface area contributed by atoms with E-state index in [1.165, 1.54) is 0 Å². The summed E-state index contributed by atoms with van der Waals surface area (Å²) in [7, 11) is 3.92. The highest BCUT2D eigenvalue weighted by atomic mass is 16.5. The zero-order valence-electron chi connectivity index (χ0n) is 20.2. The van der Waals surface area contributed by atoms with E-state index >= 15 is 0 Å². The van der Waals surface area contributed by atoms with Crippen molar-refractivity contribution < 1.29 is 13.9 Å². The zero-order chi connectivity index (χ0) is 24.5. The number of nitrogens with zero attached hydrogens (tertiary/aromatic N) is 2. The van der Waals surface area contributed by atoms with Crippen LogP contribution < -0.4 is 10.2 Å². The molecule has 4 aromatic rings. The van der Waals surface area contributed by atoms with Gasteiger partial charge in [-0.05, 0) is 56.4 Å². The van der Waals surface area contributed by atoms with Gasteiger partial charge in [0.25, 0.3) is 5.91 Å². The summed E-state index contributed by atoms with van der Waals surface area (Å²) in [4.78, 5) is 30.8. The number of ether oxygens (including phenoxy) is 1. The van der Waals surface area contributed by atoms with Gasteiger partial charge in [0.05, 0.1) is 17.0 Å². The van der Waals surface area contributed by atoms with E-state index in [0.717, 1.165) is 22.4 Å². The largest absolute Gasteiger partial charge is 0.489 e. The highest BCUT2D eigenvalue weighted by molar-refractivity contribution is 5.99. The molecule has 0 N–H and O–H groups in total. The fourth-order valence-electron chi connectivity index (χ4n) is 4.51. The minimum atomic E-state index is -0.512. The van der Waals surface area contributed by atoms with Crippen molar-refractivity contribution in [3.05, 3.63) is 111 Å². The Bertz CT molecular complexity index is 1430. The second-order valence-corrected chi connectivity index (χ2v) is 9.22. The number of carbonyl (C=O) groups excluding carboxylic acids is 1. The maximum absolute atomic E-state index is 13.6. The summed E-state index contributed by atoms with van der Waals surface area (Å²) in [5.41, 5.74) is 3.59. The summed E-state index contributed by atoms with van der Waals surface area (Å²) in [6.45, 7) is 3.55. The van der Waals surface area contributed by atoms with Crippen molar-refractivity contribution in [3.63, 3.8) is 0 Å². The lowest BCUT2D eigenvalue weighted by atomic mass is 9.98. The molecule has 178 valence electrons. The molecule has 6 nitrogen and oxygen atoms in total. The topological polar surface area (TPSA) is 63.0 Å². The Kier molecular flexibility index (Phi) is 6.14. The van der Waals surface area contributed by atoms with Gasteiger partial charge in [0.15, 0.2) is 5.43 Å². The molecule has 1 aliphatic rings. The van der Waals surface area contributed by atoms with Gasteiger partial charge in [-0.1, -0.05) is 54.1 Å².